The number of carboxylic acid groups (broad SMARTS) is 2. The smallest absolute Gasteiger partial charge is 0.326 e. The molecule has 0 aromatic heterocycles. The van der Waals surface area contributed by atoms with Crippen molar-refractivity contribution >= 4 is 106 Å². The summed E-state index contributed by atoms with van der Waals surface area (Å²) in [6.45, 7) is 3.29. The summed E-state index contributed by atoms with van der Waals surface area (Å²) in [5, 5.41) is 85.2. The zero-order valence-corrected chi connectivity index (χ0v) is 56.8. The Balaban J connectivity index is 2.16. The summed E-state index contributed by atoms with van der Waals surface area (Å²) in [5.74, 6) is -16.0. The molecule has 26 N–H and O–H groups in total. The first kappa shape index (κ1) is 85.6. The monoisotopic (exact) mass is 1420 g/mol. The van der Waals surface area contributed by atoms with Gasteiger partial charge in [-0.3, -0.25) is 72.5 Å². The fraction of sp³-hybridized carbons (Fsp3) is 0.633. The number of nitrogens with one attached hydrogen (secondary N) is 13. The van der Waals surface area contributed by atoms with Gasteiger partial charge in [-0.05, 0) is 120 Å². The zero-order valence-electron chi connectivity index (χ0n) is 56.0. The number of carboxylic acids is 2. The molecule has 1 aliphatic heterocycles. The van der Waals surface area contributed by atoms with E-state index in [1.807, 2.05) is 0 Å². The zero-order chi connectivity index (χ0) is 74.6. The van der Waals surface area contributed by atoms with Gasteiger partial charge in [0.25, 0.3) is 0 Å². The minimum Gasteiger partial charge on any atom is -0.508 e. The summed E-state index contributed by atoms with van der Waals surface area (Å²) in [5.41, 5.74) is 23.3. The predicted octanol–water partition coefficient (Wildman–Crippen LogP) is -7.74. The number of aromatic hydroxyl groups is 1. The SMILES string of the molecule is CC[C@H](C)[C@H](NC(=O)[C@H](CCCNC(=N)N)NC(=O)[C@@H](N)Cc1ccc(O)cc1)C(=O)N[C@@H](CO)C(=O)N1CCC[C@H]1C(=O)NCC(=O)N[C@@H](CCCCN)C(=O)N[C@@H](CC(N)=O)C(=O)N[C@@H](C)C(=O)N[C@H](C(=O)NCC(=O)N[C@@H](CCSC)C(=O)N[C@@H](CCC(=O)O)C(=O)O)[C@@H](C)O. The van der Waals surface area contributed by atoms with Crippen LogP contribution in [0.2, 0.25) is 0 Å². The van der Waals surface area contributed by atoms with Crippen LogP contribution in [0.3, 0.4) is 0 Å². The van der Waals surface area contributed by atoms with Gasteiger partial charge in [0, 0.05) is 19.5 Å². The number of guanidine groups is 1. The Bertz CT molecular complexity index is 2970. The van der Waals surface area contributed by atoms with E-state index in [4.69, 9.17) is 33.5 Å². The lowest BCUT2D eigenvalue weighted by Crippen LogP contribution is -2.61. The number of aliphatic hydroxyl groups is 2. The standard InChI is InChI=1S/C60H98N18O20S/c1-6-30(2)47(76-53(91)37(12-9-22-66-60(64)65)72-50(88)35(62)25-33-14-16-34(81)17-15-33)57(95)75-41(29-79)58(96)78-23-10-13-42(78)55(93)67-27-44(83)70-36(11-7-8-21-61)51(89)74-40(26-43(63)82)54(92)69-31(3)49(87)77-48(32(4)80)56(94)68-28-45(84)71-38(20-24-99-5)52(90)73-39(59(97)98)18-19-46(85)86/h14-17,30-32,35-42,47-48,79-81H,6-13,18-29,61-62H2,1-5H3,(H2,63,82)(H,67,93)(H,68,94)(H,69,92)(H,70,83)(H,71,84)(H,72,88)(H,73,90)(H,74,89)(H,75,95)(H,76,91)(H,77,87)(H,85,86)(H,97,98)(H4,64,65,66)/t30-,31-,32+,35-,36-,37-,38-,39-,40-,41-,42-,47-,48-/m0/s1. The maximum absolute atomic E-state index is 14.1. The lowest BCUT2D eigenvalue weighted by Gasteiger charge is -2.31. The van der Waals surface area contributed by atoms with Crippen molar-refractivity contribution in [2.75, 3.05) is 51.3 Å². The number of phenolic OH excluding ortho intramolecular Hbond substituents is 1. The van der Waals surface area contributed by atoms with Gasteiger partial charge in [0.1, 0.15) is 66.2 Å². The van der Waals surface area contributed by atoms with Gasteiger partial charge in [0.2, 0.25) is 76.8 Å². The molecule has 0 unspecified atom stereocenters. The summed E-state index contributed by atoms with van der Waals surface area (Å²) in [7, 11) is 0. The summed E-state index contributed by atoms with van der Waals surface area (Å²) >= 11 is 1.28. The molecule has 38 nitrogen and oxygen atoms in total. The molecule has 13 amide bonds. The van der Waals surface area contributed by atoms with Crippen molar-refractivity contribution in [3.05, 3.63) is 29.8 Å². The highest BCUT2D eigenvalue weighted by Gasteiger charge is 2.40. The maximum atomic E-state index is 14.1. The summed E-state index contributed by atoms with van der Waals surface area (Å²) in [6.07, 6.45) is -0.513. The third-order valence-electron chi connectivity index (χ3n) is 15.6. The van der Waals surface area contributed by atoms with E-state index in [1.165, 1.54) is 23.9 Å². The fourth-order valence-electron chi connectivity index (χ4n) is 9.82. The quantitative estimate of drug-likeness (QED) is 0.0164. The second-order valence-corrected chi connectivity index (χ2v) is 24.6. The van der Waals surface area contributed by atoms with E-state index in [1.54, 1.807) is 32.2 Å². The molecule has 0 spiro atoms. The van der Waals surface area contributed by atoms with E-state index in [0.717, 1.165) is 18.7 Å². The number of rotatable bonds is 46. The first-order chi connectivity index (χ1) is 46.7. The normalized spacial score (nSPS) is 16.2. The van der Waals surface area contributed by atoms with Crippen molar-refractivity contribution in [2.45, 2.75) is 184 Å². The summed E-state index contributed by atoms with van der Waals surface area (Å²) < 4.78 is 0. The molecule has 39 heteroatoms. The van der Waals surface area contributed by atoms with Crippen molar-refractivity contribution in [2.24, 2.45) is 28.9 Å². The number of hydrogen-bond donors (Lipinski definition) is 22. The number of aliphatic carboxylic acids is 2. The minimum absolute atomic E-state index is 0.00108. The van der Waals surface area contributed by atoms with Crippen molar-refractivity contribution < 1.29 is 97.5 Å². The molecule has 13 atom stereocenters. The minimum atomic E-state index is -1.80. The maximum Gasteiger partial charge on any atom is 0.326 e. The van der Waals surface area contributed by atoms with E-state index in [-0.39, 0.29) is 82.7 Å². The number of carbonyl (C=O) groups excluding carboxylic acids is 13. The number of hydrogen-bond acceptors (Lipinski definition) is 22. The molecule has 1 saturated heterocycles. The lowest BCUT2D eigenvalue weighted by atomic mass is 9.97. The molecular formula is C60H98N18O20S. The number of nitrogens with zero attached hydrogens (tertiary/aromatic N) is 1. The molecule has 0 radical (unpaired) electrons. The van der Waals surface area contributed by atoms with Crippen LogP contribution in [0.15, 0.2) is 24.3 Å². The first-order valence-corrected chi connectivity index (χ1v) is 33.5. The van der Waals surface area contributed by atoms with Crippen LogP contribution in [0.25, 0.3) is 0 Å². The van der Waals surface area contributed by atoms with Crippen LogP contribution in [0.4, 0.5) is 0 Å². The van der Waals surface area contributed by atoms with Crippen LogP contribution < -0.4 is 86.7 Å². The van der Waals surface area contributed by atoms with Crippen molar-refractivity contribution in [1.82, 2.24) is 68.7 Å². The van der Waals surface area contributed by atoms with E-state index < -0.39 is 206 Å². The average Bonchev–Trinajstić information content (AvgIpc) is 1.73. The second kappa shape index (κ2) is 44.4. The van der Waals surface area contributed by atoms with Crippen LogP contribution in [-0.4, -0.2) is 249 Å². The Morgan fingerprint density at radius 2 is 1.18 bits per heavy atom. The summed E-state index contributed by atoms with van der Waals surface area (Å²) in [6, 6.07) is -10.2. The van der Waals surface area contributed by atoms with Crippen molar-refractivity contribution in [1.29, 1.82) is 5.41 Å². The highest BCUT2D eigenvalue weighted by molar-refractivity contribution is 7.98. The van der Waals surface area contributed by atoms with Gasteiger partial charge in [0.05, 0.1) is 38.3 Å². The number of nitrogens with two attached hydrogens (primary N) is 4. The van der Waals surface area contributed by atoms with Gasteiger partial charge in [0.15, 0.2) is 5.96 Å². The molecule has 1 aromatic rings. The molecule has 1 aromatic carbocycles. The number of primary amides is 1. The lowest BCUT2D eigenvalue weighted by molar-refractivity contribution is -0.143. The van der Waals surface area contributed by atoms with E-state index in [9.17, 15) is 92.3 Å². The summed E-state index contributed by atoms with van der Waals surface area (Å²) in [4.78, 5) is 199. The third kappa shape index (κ3) is 31.3. The number of likely N-dealkylation sites (tertiary alicyclic amines) is 1. The Kier molecular flexibility index (Phi) is 38.4. The molecule has 1 fully saturated rings. The number of amides is 13. The number of thioether (sulfide) groups is 1. The first-order valence-electron chi connectivity index (χ1n) is 32.1. The molecule has 554 valence electrons. The van der Waals surface area contributed by atoms with Crippen LogP contribution in [0, 0.1) is 11.3 Å². The second-order valence-electron chi connectivity index (χ2n) is 23.6. The van der Waals surface area contributed by atoms with Crippen LogP contribution in [-0.2, 0) is 78.3 Å². The van der Waals surface area contributed by atoms with E-state index in [0.29, 0.717) is 24.2 Å². The Labute approximate surface area is 575 Å². The largest absolute Gasteiger partial charge is 0.508 e. The predicted molar refractivity (Wildman–Crippen MR) is 355 cm³/mol. The topological polar surface area (TPSA) is 633 Å². The molecule has 2 rings (SSSR count). The van der Waals surface area contributed by atoms with Crippen molar-refractivity contribution in [3.63, 3.8) is 0 Å². The van der Waals surface area contributed by atoms with Gasteiger partial charge in [-0.1, -0.05) is 32.4 Å². The van der Waals surface area contributed by atoms with E-state index in [2.05, 4.69) is 63.8 Å². The number of unbranched alkanes of at least 4 members (excludes halogenated alkanes) is 1. The number of carbonyl (C=O) groups is 15. The number of phenols is 1. The van der Waals surface area contributed by atoms with Crippen LogP contribution in [0.5, 0.6) is 5.75 Å². The highest BCUT2D eigenvalue weighted by atomic mass is 32.2. The molecular weight excluding hydrogens is 1320 g/mol. The Morgan fingerprint density at radius 3 is 1.74 bits per heavy atom. The van der Waals surface area contributed by atoms with Crippen LogP contribution in [0.1, 0.15) is 110 Å². The van der Waals surface area contributed by atoms with Gasteiger partial charge < -0.3 is 117 Å². The van der Waals surface area contributed by atoms with Gasteiger partial charge in [-0.2, -0.15) is 11.8 Å². The molecule has 0 saturated carbocycles. The molecule has 1 aliphatic rings. The average molecular weight is 1420 g/mol. The van der Waals surface area contributed by atoms with Crippen molar-refractivity contribution in [3.8, 4) is 5.75 Å². The van der Waals surface area contributed by atoms with Gasteiger partial charge in [-0.15, -0.1) is 0 Å². The number of benzene rings is 1. The highest BCUT2D eigenvalue weighted by Crippen LogP contribution is 2.20. The number of aliphatic hydroxyl groups excluding tert-OH is 2. The molecule has 0 bridgehead atoms. The van der Waals surface area contributed by atoms with Gasteiger partial charge in [-0.25, -0.2) is 4.79 Å². The fourth-order valence-corrected chi connectivity index (χ4v) is 10.3. The van der Waals surface area contributed by atoms with E-state index >= 15 is 0 Å². The molecule has 99 heavy (non-hydrogen) atoms. The molecule has 1 heterocycles. The Hall–Kier alpha value is -9.47. The van der Waals surface area contributed by atoms with Crippen LogP contribution >= 0.6 is 11.8 Å². The molecule has 0 aliphatic carbocycles. The Morgan fingerprint density at radius 1 is 0.636 bits per heavy atom. The van der Waals surface area contributed by atoms with Gasteiger partial charge >= 0.3 is 11.9 Å². The third-order valence-corrected chi connectivity index (χ3v) is 16.2.